The van der Waals surface area contributed by atoms with Crippen molar-refractivity contribution in [3.63, 3.8) is 0 Å². The third-order valence-electron chi connectivity index (χ3n) is 4.93. The van der Waals surface area contributed by atoms with E-state index >= 15 is 0 Å². The summed E-state index contributed by atoms with van der Waals surface area (Å²) in [5.74, 6) is -0.423. The van der Waals surface area contributed by atoms with E-state index in [0.717, 1.165) is 17.0 Å². The number of anilines is 1. The third kappa shape index (κ3) is 3.82. The Hall–Kier alpha value is -3.32. The summed E-state index contributed by atoms with van der Waals surface area (Å²) < 4.78 is 4.70. The highest BCUT2D eigenvalue weighted by Crippen LogP contribution is 2.34. The van der Waals surface area contributed by atoms with E-state index in [4.69, 9.17) is 16.3 Å². The van der Waals surface area contributed by atoms with Gasteiger partial charge in [-0.1, -0.05) is 23.7 Å². The first-order valence-electron chi connectivity index (χ1n) is 9.10. The van der Waals surface area contributed by atoms with E-state index < -0.39 is 5.97 Å². The summed E-state index contributed by atoms with van der Waals surface area (Å²) in [5, 5.41) is 3.53. The van der Waals surface area contributed by atoms with Crippen LogP contribution in [0.25, 0.3) is 0 Å². The van der Waals surface area contributed by atoms with Gasteiger partial charge in [0, 0.05) is 29.4 Å². The molecule has 0 spiro atoms. The van der Waals surface area contributed by atoms with Gasteiger partial charge >= 0.3 is 12.0 Å². The van der Waals surface area contributed by atoms with Crippen LogP contribution in [0.4, 0.5) is 10.5 Å². The van der Waals surface area contributed by atoms with Crippen molar-refractivity contribution in [1.29, 1.82) is 0 Å². The lowest BCUT2D eigenvalue weighted by Gasteiger charge is -2.35. The molecule has 1 aromatic heterocycles. The molecule has 29 heavy (non-hydrogen) atoms. The summed E-state index contributed by atoms with van der Waals surface area (Å²) in [6.07, 6.45) is 2.34. The van der Waals surface area contributed by atoms with Crippen LogP contribution >= 0.6 is 11.6 Å². The van der Waals surface area contributed by atoms with Gasteiger partial charge in [0.1, 0.15) is 6.04 Å². The molecule has 0 bridgehead atoms. The minimum Gasteiger partial charge on any atom is -0.465 e. The number of urea groups is 1. The number of hydrogen-bond donors (Lipinski definition) is 2. The number of imidazole rings is 1. The lowest BCUT2D eigenvalue weighted by Crippen LogP contribution is -2.43. The minimum absolute atomic E-state index is 0.246. The zero-order valence-corrected chi connectivity index (χ0v) is 16.4. The number of esters is 1. The molecule has 2 aromatic carbocycles. The number of ether oxygens (including phenoxy) is 1. The molecule has 3 aromatic rings. The van der Waals surface area contributed by atoms with Crippen LogP contribution in [0.15, 0.2) is 54.9 Å². The lowest BCUT2D eigenvalue weighted by molar-refractivity contribution is 0.0600. The highest BCUT2D eigenvalue weighted by Gasteiger charge is 2.34. The quantitative estimate of drug-likeness (QED) is 0.638. The van der Waals surface area contributed by atoms with Gasteiger partial charge in [-0.15, -0.1) is 0 Å². The number of methoxy groups -OCH3 is 1. The molecule has 1 aliphatic heterocycles. The number of aromatic amines is 1. The van der Waals surface area contributed by atoms with Crippen molar-refractivity contribution in [2.24, 2.45) is 0 Å². The summed E-state index contributed by atoms with van der Waals surface area (Å²) in [4.78, 5) is 34.0. The van der Waals surface area contributed by atoms with Gasteiger partial charge in [0.25, 0.3) is 0 Å². The zero-order chi connectivity index (χ0) is 20.4. The summed E-state index contributed by atoms with van der Waals surface area (Å²) in [6.45, 7) is 0.536. The predicted molar refractivity (Wildman–Crippen MR) is 109 cm³/mol. The number of halogens is 1. The maximum atomic E-state index is 13.1. The summed E-state index contributed by atoms with van der Waals surface area (Å²) >= 11 is 6.03. The molecule has 4 rings (SSSR count). The normalized spacial score (nSPS) is 15.5. The minimum atomic E-state index is -0.423. The second-order valence-electron chi connectivity index (χ2n) is 6.66. The van der Waals surface area contributed by atoms with E-state index in [1.165, 1.54) is 7.11 Å². The molecular formula is C21H19ClN4O3. The molecule has 0 unspecified atom stereocenters. The zero-order valence-electron chi connectivity index (χ0n) is 15.7. The molecule has 8 heteroatoms. The summed E-state index contributed by atoms with van der Waals surface area (Å²) in [5.41, 5.74) is 3.79. The number of amides is 2. The van der Waals surface area contributed by atoms with E-state index in [1.54, 1.807) is 47.6 Å². The molecule has 148 valence electrons. The van der Waals surface area contributed by atoms with Gasteiger partial charge in [0.2, 0.25) is 0 Å². The number of aromatic nitrogens is 2. The molecule has 0 saturated heterocycles. The number of H-pyrrole nitrogens is 1. The van der Waals surface area contributed by atoms with Crippen LogP contribution in [-0.4, -0.2) is 40.5 Å². The second kappa shape index (κ2) is 7.97. The van der Waals surface area contributed by atoms with Gasteiger partial charge < -0.3 is 19.9 Å². The maximum absolute atomic E-state index is 13.1. The topological polar surface area (TPSA) is 87.3 Å². The van der Waals surface area contributed by atoms with Crippen LogP contribution < -0.4 is 5.32 Å². The van der Waals surface area contributed by atoms with Gasteiger partial charge in [-0.3, -0.25) is 0 Å². The Balaban J connectivity index is 1.59. The molecular weight excluding hydrogens is 392 g/mol. The Labute approximate surface area is 172 Å². The van der Waals surface area contributed by atoms with E-state index in [1.807, 2.05) is 12.1 Å². The van der Waals surface area contributed by atoms with Crippen molar-refractivity contribution in [3.05, 3.63) is 82.4 Å². The average molecular weight is 411 g/mol. The highest BCUT2D eigenvalue weighted by atomic mass is 35.5. The van der Waals surface area contributed by atoms with Gasteiger partial charge in [-0.05, 0) is 42.0 Å². The molecule has 1 atom stereocenters. The fourth-order valence-electron chi connectivity index (χ4n) is 3.48. The Morgan fingerprint density at radius 3 is 2.59 bits per heavy atom. The molecule has 2 heterocycles. The molecule has 0 saturated carbocycles. The van der Waals surface area contributed by atoms with Crippen LogP contribution in [0.1, 0.15) is 33.4 Å². The molecule has 7 nitrogen and oxygen atoms in total. The summed E-state index contributed by atoms with van der Waals surface area (Å²) in [6, 6.07) is 13.4. The number of benzene rings is 2. The highest BCUT2D eigenvalue weighted by molar-refractivity contribution is 6.30. The molecule has 0 aliphatic carbocycles. The molecule has 2 amide bonds. The van der Waals surface area contributed by atoms with Gasteiger partial charge in [-0.25, -0.2) is 14.6 Å². The number of rotatable bonds is 3. The van der Waals surface area contributed by atoms with Crippen LogP contribution in [0.2, 0.25) is 5.02 Å². The smallest absolute Gasteiger partial charge is 0.337 e. The molecule has 1 aliphatic rings. The fraction of sp³-hybridized carbons (Fsp3) is 0.190. The van der Waals surface area contributed by atoms with Crippen molar-refractivity contribution in [2.75, 3.05) is 19.0 Å². The largest absolute Gasteiger partial charge is 0.465 e. The Kier molecular flexibility index (Phi) is 5.22. The first-order chi connectivity index (χ1) is 14.1. The van der Waals surface area contributed by atoms with Crippen LogP contribution in [0.3, 0.4) is 0 Å². The molecule has 2 N–H and O–H groups in total. The van der Waals surface area contributed by atoms with Crippen molar-refractivity contribution in [1.82, 2.24) is 14.9 Å². The third-order valence-corrected chi connectivity index (χ3v) is 5.18. The Bertz CT molecular complexity index is 1030. The number of hydrogen-bond acceptors (Lipinski definition) is 4. The molecule has 0 radical (unpaired) electrons. The number of fused-ring (bicyclic) bond motifs is 1. The van der Waals surface area contributed by atoms with Crippen molar-refractivity contribution >= 4 is 29.3 Å². The van der Waals surface area contributed by atoms with E-state index in [2.05, 4.69) is 15.3 Å². The van der Waals surface area contributed by atoms with Gasteiger partial charge in [0.15, 0.2) is 0 Å². The number of carbonyl (C=O) groups excluding carboxylic acids is 2. The van der Waals surface area contributed by atoms with E-state index in [9.17, 15) is 9.59 Å². The predicted octanol–water partition coefficient (Wildman–Crippen LogP) is 4.03. The number of carbonyl (C=O) groups is 2. The fourth-order valence-corrected chi connectivity index (χ4v) is 3.61. The van der Waals surface area contributed by atoms with Crippen LogP contribution in [-0.2, 0) is 11.2 Å². The van der Waals surface area contributed by atoms with E-state index in [-0.39, 0.29) is 12.1 Å². The maximum Gasteiger partial charge on any atom is 0.337 e. The monoisotopic (exact) mass is 410 g/mol. The van der Waals surface area contributed by atoms with Crippen molar-refractivity contribution in [3.8, 4) is 0 Å². The van der Waals surface area contributed by atoms with Crippen LogP contribution in [0.5, 0.6) is 0 Å². The van der Waals surface area contributed by atoms with E-state index in [0.29, 0.717) is 29.2 Å². The number of nitrogens with one attached hydrogen (secondary N) is 2. The average Bonchev–Trinajstić information content (AvgIpc) is 3.22. The first-order valence-corrected chi connectivity index (χ1v) is 9.48. The van der Waals surface area contributed by atoms with Crippen molar-refractivity contribution < 1.29 is 14.3 Å². The second-order valence-corrected chi connectivity index (χ2v) is 7.10. The lowest BCUT2D eigenvalue weighted by atomic mass is 9.96. The van der Waals surface area contributed by atoms with Crippen molar-refractivity contribution in [2.45, 2.75) is 12.5 Å². The molecule has 0 fully saturated rings. The van der Waals surface area contributed by atoms with Gasteiger partial charge in [-0.2, -0.15) is 0 Å². The number of nitrogens with zero attached hydrogens (tertiary/aromatic N) is 2. The SMILES string of the molecule is COC(=O)c1ccc(NC(=O)N2CCc3[nH]cnc3[C@H]2c2ccc(Cl)cc2)cc1. The summed E-state index contributed by atoms with van der Waals surface area (Å²) in [7, 11) is 1.33. The van der Waals surface area contributed by atoms with Crippen LogP contribution in [0, 0.1) is 0 Å². The Morgan fingerprint density at radius 1 is 1.17 bits per heavy atom. The van der Waals surface area contributed by atoms with Gasteiger partial charge in [0.05, 0.1) is 24.7 Å². The Morgan fingerprint density at radius 2 is 1.90 bits per heavy atom. The first kappa shape index (κ1) is 19.0. The standard InChI is InChI=1S/C21H19ClN4O3/c1-29-20(27)14-4-8-16(9-5-14)25-21(28)26-11-10-17-18(24-12-23-17)19(26)13-2-6-15(22)7-3-13/h2-9,12,19H,10-11H2,1H3,(H,23,24)(H,25,28)/t19-/m1/s1.